The number of rotatable bonds is 5. The number of aryl methyl sites for hydroxylation is 2. The second-order valence-corrected chi connectivity index (χ2v) is 8.50. The molecular weight excluding hydrogens is 414 g/mol. The van der Waals surface area contributed by atoms with Gasteiger partial charge in [-0.1, -0.05) is 47.5 Å². The molecule has 3 heterocycles. The molecule has 0 unspecified atom stereocenters. The Morgan fingerprint density at radius 1 is 1.06 bits per heavy atom. The van der Waals surface area contributed by atoms with Crippen LogP contribution in [0.2, 0.25) is 0 Å². The van der Waals surface area contributed by atoms with Crippen LogP contribution in [0, 0.1) is 13.8 Å². The van der Waals surface area contributed by atoms with Crippen molar-refractivity contribution in [3.63, 3.8) is 0 Å². The largest absolute Gasteiger partial charge is 0.353 e. The van der Waals surface area contributed by atoms with Crippen LogP contribution >= 0.6 is 0 Å². The maximum Gasteiger partial charge on any atom is 0.239 e. The normalized spacial score (nSPS) is 16.2. The number of anilines is 1. The molecule has 5 rings (SSSR count). The number of piperazine rings is 1. The van der Waals surface area contributed by atoms with Crippen LogP contribution < -0.4 is 15.5 Å². The predicted octanol–water partition coefficient (Wildman–Crippen LogP) is 2.53. The van der Waals surface area contributed by atoms with Crippen LogP contribution in [0.1, 0.15) is 16.7 Å². The van der Waals surface area contributed by atoms with E-state index in [1.54, 1.807) is 6.33 Å². The Bertz CT molecular complexity index is 1260. The zero-order chi connectivity index (χ0) is 22.8. The lowest BCUT2D eigenvalue weighted by atomic mass is 10.1. The van der Waals surface area contributed by atoms with E-state index in [4.69, 9.17) is 0 Å². The third kappa shape index (κ3) is 4.56. The van der Waals surface area contributed by atoms with Crippen molar-refractivity contribution >= 4 is 22.8 Å². The van der Waals surface area contributed by atoms with Crippen molar-refractivity contribution in [1.82, 2.24) is 30.4 Å². The number of nitrogens with one attached hydrogen (secondary N) is 2. The molecule has 0 aliphatic carbocycles. The van der Waals surface area contributed by atoms with E-state index in [1.165, 1.54) is 11.1 Å². The monoisotopic (exact) mass is 441 g/mol. The summed E-state index contributed by atoms with van der Waals surface area (Å²) in [6.07, 6.45) is 3.50. The summed E-state index contributed by atoms with van der Waals surface area (Å²) in [5.41, 5.74) is 5.10. The zero-order valence-electron chi connectivity index (χ0n) is 18.8. The minimum atomic E-state index is -0.318. The van der Waals surface area contributed by atoms with Gasteiger partial charge in [-0.25, -0.2) is 14.6 Å². The third-order valence-electron chi connectivity index (χ3n) is 5.97. The lowest BCUT2D eigenvalue weighted by Gasteiger charge is -2.33. The average molecular weight is 442 g/mol. The SMILES string of the molecule is Cc1ccc(CNC(=O)[C@H]2CN(c3ncnc4nn(-c5ccc(C)cc5)cc34)CCN2)cc1. The molecule has 1 aliphatic rings. The van der Waals surface area contributed by atoms with E-state index in [9.17, 15) is 4.79 Å². The topological polar surface area (TPSA) is 88.0 Å². The first kappa shape index (κ1) is 21.1. The summed E-state index contributed by atoms with van der Waals surface area (Å²) in [7, 11) is 0. The summed E-state index contributed by atoms with van der Waals surface area (Å²) in [4.78, 5) is 23.9. The number of benzene rings is 2. The van der Waals surface area contributed by atoms with Gasteiger partial charge in [-0.05, 0) is 31.5 Å². The molecule has 2 N–H and O–H groups in total. The highest BCUT2D eigenvalue weighted by Crippen LogP contribution is 2.24. The molecule has 1 aliphatic heterocycles. The minimum Gasteiger partial charge on any atom is -0.353 e. The maximum atomic E-state index is 12.8. The summed E-state index contributed by atoms with van der Waals surface area (Å²) < 4.78 is 1.83. The van der Waals surface area contributed by atoms with Crippen molar-refractivity contribution in [3.05, 3.63) is 77.7 Å². The number of hydrogen-bond acceptors (Lipinski definition) is 6. The quantitative estimate of drug-likeness (QED) is 0.495. The summed E-state index contributed by atoms with van der Waals surface area (Å²) in [5, 5.41) is 11.9. The molecular formula is C25H27N7O. The van der Waals surface area contributed by atoms with E-state index in [-0.39, 0.29) is 11.9 Å². The lowest BCUT2D eigenvalue weighted by Crippen LogP contribution is -2.57. The summed E-state index contributed by atoms with van der Waals surface area (Å²) in [6.45, 7) is 6.60. The second-order valence-electron chi connectivity index (χ2n) is 8.50. The average Bonchev–Trinajstić information content (AvgIpc) is 3.28. The van der Waals surface area contributed by atoms with Crippen molar-refractivity contribution in [3.8, 4) is 5.69 Å². The fraction of sp³-hybridized carbons (Fsp3) is 0.280. The number of amides is 1. The van der Waals surface area contributed by atoms with Gasteiger partial charge in [-0.15, -0.1) is 5.10 Å². The van der Waals surface area contributed by atoms with Crippen LogP contribution in [0.5, 0.6) is 0 Å². The molecule has 33 heavy (non-hydrogen) atoms. The Morgan fingerprint density at radius 2 is 1.79 bits per heavy atom. The van der Waals surface area contributed by atoms with E-state index in [0.29, 0.717) is 25.3 Å². The highest BCUT2D eigenvalue weighted by molar-refractivity contribution is 5.88. The van der Waals surface area contributed by atoms with Crippen molar-refractivity contribution in [2.45, 2.75) is 26.4 Å². The van der Waals surface area contributed by atoms with E-state index >= 15 is 0 Å². The molecule has 1 atom stereocenters. The summed E-state index contributed by atoms with van der Waals surface area (Å²) >= 11 is 0. The Morgan fingerprint density at radius 3 is 2.55 bits per heavy atom. The van der Waals surface area contributed by atoms with Gasteiger partial charge in [0.15, 0.2) is 5.65 Å². The number of hydrogen-bond donors (Lipinski definition) is 2. The predicted molar refractivity (Wildman–Crippen MR) is 128 cm³/mol. The van der Waals surface area contributed by atoms with Crippen LogP contribution in [0.25, 0.3) is 16.7 Å². The van der Waals surface area contributed by atoms with E-state index in [2.05, 4.69) is 68.7 Å². The fourth-order valence-corrected chi connectivity index (χ4v) is 4.04. The van der Waals surface area contributed by atoms with Crippen LogP contribution in [-0.2, 0) is 11.3 Å². The molecule has 0 saturated carbocycles. The molecule has 0 spiro atoms. The Labute approximate surface area is 192 Å². The summed E-state index contributed by atoms with van der Waals surface area (Å²) in [6, 6.07) is 16.1. The zero-order valence-corrected chi connectivity index (χ0v) is 18.8. The van der Waals surface area contributed by atoms with Crippen molar-refractivity contribution in [2.75, 3.05) is 24.5 Å². The van der Waals surface area contributed by atoms with Crippen LogP contribution in [-0.4, -0.2) is 51.3 Å². The molecule has 1 saturated heterocycles. The lowest BCUT2D eigenvalue weighted by molar-refractivity contribution is -0.123. The van der Waals surface area contributed by atoms with Gasteiger partial charge in [-0.3, -0.25) is 4.79 Å². The first-order valence-electron chi connectivity index (χ1n) is 11.2. The van der Waals surface area contributed by atoms with E-state index < -0.39 is 0 Å². The summed E-state index contributed by atoms with van der Waals surface area (Å²) in [5.74, 6) is 0.789. The van der Waals surface area contributed by atoms with Gasteiger partial charge in [-0.2, -0.15) is 0 Å². The van der Waals surface area contributed by atoms with Crippen molar-refractivity contribution in [1.29, 1.82) is 0 Å². The third-order valence-corrected chi connectivity index (χ3v) is 5.97. The van der Waals surface area contributed by atoms with Gasteiger partial charge in [0.1, 0.15) is 18.2 Å². The van der Waals surface area contributed by atoms with Gasteiger partial charge in [0.05, 0.1) is 11.1 Å². The Kier molecular flexibility index (Phi) is 5.75. The van der Waals surface area contributed by atoms with E-state index in [0.717, 1.165) is 29.0 Å². The van der Waals surface area contributed by atoms with Crippen LogP contribution in [0.15, 0.2) is 61.1 Å². The number of fused-ring (bicyclic) bond motifs is 1. The molecule has 0 bridgehead atoms. The molecule has 1 amide bonds. The van der Waals surface area contributed by atoms with Gasteiger partial charge >= 0.3 is 0 Å². The second kappa shape index (κ2) is 8.99. The maximum absolute atomic E-state index is 12.8. The Hall–Kier alpha value is -3.78. The molecule has 1 fully saturated rings. The van der Waals surface area contributed by atoms with E-state index in [1.807, 2.05) is 35.1 Å². The minimum absolute atomic E-state index is 0.0130. The van der Waals surface area contributed by atoms with Crippen LogP contribution in [0.4, 0.5) is 5.82 Å². The molecule has 0 radical (unpaired) electrons. The number of nitrogens with zero attached hydrogens (tertiary/aromatic N) is 5. The molecule has 8 nitrogen and oxygen atoms in total. The first-order valence-corrected chi connectivity index (χ1v) is 11.2. The molecule has 2 aromatic heterocycles. The first-order chi connectivity index (χ1) is 16.1. The highest BCUT2D eigenvalue weighted by Gasteiger charge is 2.27. The van der Waals surface area contributed by atoms with Crippen molar-refractivity contribution in [2.24, 2.45) is 0 Å². The van der Waals surface area contributed by atoms with Gasteiger partial charge in [0.25, 0.3) is 0 Å². The molecule has 2 aromatic carbocycles. The molecule has 4 aromatic rings. The smallest absolute Gasteiger partial charge is 0.239 e. The number of carbonyl (C=O) groups excluding carboxylic acids is 1. The fourth-order valence-electron chi connectivity index (χ4n) is 4.04. The Balaban J connectivity index is 1.32. The van der Waals surface area contributed by atoms with Gasteiger partial charge < -0.3 is 15.5 Å². The van der Waals surface area contributed by atoms with Gasteiger partial charge in [0.2, 0.25) is 5.91 Å². The standard InChI is InChI=1S/C25H27N7O/c1-17-3-7-19(8-4-17)13-27-25(33)22-15-31(12-11-26-22)24-21-14-32(30-23(21)28-16-29-24)20-9-5-18(2)6-10-20/h3-10,14,16,22,26H,11-13,15H2,1-2H3,(H,27,33)/t22-/m1/s1. The van der Waals surface area contributed by atoms with Crippen LogP contribution in [0.3, 0.4) is 0 Å². The number of aromatic nitrogens is 4. The molecule has 8 heteroatoms. The van der Waals surface area contributed by atoms with Gasteiger partial charge in [0, 0.05) is 32.4 Å². The number of carbonyl (C=O) groups is 1. The molecule has 168 valence electrons. The highest BCUT2D eigenvalue weighted by atomic mass is 16.2. The van der Waals surface area contributed by atoms with Crippen molar-refractivity contribution < 1.29 is 4.79 Å².